The van der Waals surface area contributed by atoms with Gasteiger partial charge in [-0.1, -0.05) is 19.8 Å². The van der Waals surface area contributed by atoms with Gasteiger partial charge in [-0.2, -0.15) is 0 Å². The van der Waals surface area contributed by atoms with E-state index in [4.69, 9.17) is 4.74 Å². The van der Waals surface area contributed by atoms with Gasteiger partial charge >= 0.3 is 0 Å². The van der Waals surface area contributed by atoms with Crippen molar-refractivity contribution >= 4 is 10.0 Å². The molecule has 0 radical (unpaired) electrons. The Bertz CT molecular complexity index is 499. The van der Waals surface area contributed by atoms with Gasteiger partial charge in [0.1, 0.15) is 5.75 Å². The van der Waals surface area contributed by atoms with Crippen LogP contribution in [0.1, 0.15) is 31.7 Å². The normalized spacial score (nSPS) is 11.5. The summed E-state index contributed by atoms with van der Waals surface area (Å²) in [6.07, 6.45) is 2.85. The summed E-state index contributed by atoms with van der Waals surface area (Å²) in [4.78, 5) is 0.147. The van der Waals surface area contributed by atoms with Gasteiger partial charge in [0.05, 0.1) is 18.6 Å². The Kier molecular flexibility index (Phi) is 6.27. The van der Waals surface area contributed by atoms with Crippen LogP contribution >= 0.6 is 0 Å². The molecule has 0 aromatic heterocycles. The maximum absolute atomic E-state index is 12.0. The minimum atomic E-state index is -3.51. The van der Waals surface area contributed by atoms with Crippen molar-refractivity contribution in [2.75, 3.05) is 13.7 Å². The van der Waals surface area contributed by atoms with Gasteiger partial charge in [0.25, 0.3) is 0 Å². The first-order valence-corrected chi connectivity index (χ1v) is 7.81. The van der Waals surface area contributed by atoms with Crippen LogP contribution in [0, 0.1) is 0 Å². The van der Waals surface area contributed by atoms with Crippen molar-refractivity contribution in [3.63, 3.8) is 0 Å². The Hall–Kier alpha value is -1.11. The number of sulfonamides is 1. The molecular weight excluding hydrogens is 266 g/mol. The number of hydrogen-bond acceptors (Lipinski definition) is 4. The van der Waals surface area contributed by atoms with Crippen molar-refractivity contribution in [1.82, 2.24) is 4.72 Å². The van der Waals surface area contributed by atoms with Crippen LogP contribution in [0.15, 0.2) is 23.1 Å². The summed E-state index contributed by atoms with van der Waals surface area (Å²) >= 11 is 0. The number of hydrogen-bond donors (Lipinski definition) is 2. The van der Waals surface area contributed by atoms with Crippen molar-refractivity contribution in [3.8, 4) is 5.75 Å². The topological polar surface area (TPSA) is 75.6 Å². The number of aliphatic hydroxyl groups is 1. The number of methoxy groups -OCH3 is 1. The molecule has 1 aromatic carbocycles. The highest BCUT2D eigenvalue weighted by Gasteiger charge is 2.15. The monoisotopic (exact) mass is 287 g/mol. The molecule has 6 heteroatoms. The SMILES string of the molecule is CCCCCNS(=O)(=O)c1ccc(OC)c(CO)c1. The van der Waals surface area contributed by atoms with Crippen molar-refractivity contribution in [3.05, 3.63) is 23.8 Å². The summed E-state index contributed by atoms with van der Waals surface area (Å²) in [6, 6.07) is 4.45. The van der Waals surface area contributed by atoms with Crippen molar-refractivity contribution in [1.29, 1.82) is 0 Å². The maximum atomic E-state index is 12.0. The standard InChI is InChI=1S/C13H21NO4S/c1-3-4-5-8-14-19(16,17)12-6-7-13(18-2)11(9-12)10-15/h6-7,9,14-15H,3-5,8,10H2,1-2H3. The summed E-state index contributed by atoms with van der Waals surface area (Å²) in [5, 5.41) is 9.19. The molecule has 0 saturated carbocycles. The van der Waals surface area contributed by atoms with Crippen molar-refractivity contribution < 1.29 is 18.3 Å². The zero-order chi connectivity index (χ0) is 14.3. The highest BCUT2D eigenvalue weighted by molar-refractivity contribution is 7.89. The lowest BCUT2D eigenvalue weighted by molar-refractivity contribution is 0.273. The minimum absolute atomic E-state index is 0.147. The summed E-state index contributed by atoms with van der Waals surface area (Å²) < 4.78 is 31.6. The highest BCUT2D eigenvalue weighted by atomic mass is 32.2. The molecule has 2 N–H and O–H groups in total. The second-order valence-corrected chi connectivity index (χ2v) is 6.00. The van der Waals surface area contributed by atoms with Gasteiger partial charge in [0, 0.05) is 12.1 Å². The van der Waals surface area contributed by atoms with Crippen LogP contribution in [-0.2, 0) is 16.6 Å². The van der Waals surface area contributed by atoms with Crippen LogP contribution < -0.4 is 9.46 Å². The summed E-state index contributed by atoms with van der Waals surface area (Å²) in [6.45, 7) is 2.23. The number of benzene rings is 1. The fraction of sp³-hybridized carbons (Fsp3) is 0.538. The van der Waals surface area contributed by atoms with Crippen molar-refractivity contribution in [2.24, 2.45) is 0 Å². The summed E-state index contributed by atoms with van der Waals surface area (Å²) in [5.74, 6) is 0.479. The van der Waals surface area contributed by atoms with Crippen LogP contribution in [-0.4, -0.2) is 27.2 Å². The third-order valence-corrected chi connectivity index (χ3v) is 4.26. The molecule has 0 aliphatic rings. The number of nitrogens with one attached hydrogen (secondary N) is 1. The molecule has 1 aromatic rings. The molecule has 19 heavy (non-hydrogen) atoms. The summed E-state index contributed by atoms with van der Waals surface area (Å²) in [7, 11) is -2.04. The number of aliphatic hydroxyl groups excluding tert-OH is 1. The molecule has 5 nitrogen and oxygen atoms in total. The Labute approximate surface area is 114 Å². The third-order valence-electron chi connectivity index (χ3n) is 2.80. The van der Waals surface area contributed by atoms with Crippen LogP contribution in [0.4, 0.5) is 0 Å². The molecule has 0 unspecified atom stereocenters. The van der Waals surface area contributed by atoms with Gasteiger partial charge in [0.15, 0.2) is 0 Å². The third kappa shape index (κ3) is 4.49. The smallest absolute Gasteiger partial charge is 0.240 e. The Morgan fingerprint density at radius 2 is 2.05 bits per heavy atom. The zero-order valence-corrected chi connectivity index (χ0v) is 12.2. The fourth-order valence-corrected chi connectivity index (χ4v) is 2.83. The van der Waals surface area contributed by atoms with Crippen LogP contribution in [0.5, 0.6) is 5.75 Å². The van der Waals surface area contributed by atoms with Gasteiger partial charge in [0.2, 0.25) is 10.0 Å². The average Bonchev–Trinajstić information content (AvgIpc) is 2.42. The minimum Gasteiger partial charge on any atom is -0.496 e. The van der Waals surface area contributed by atoms with Crippen LogP contribution in [0.25, 0.3) is 0 Å². The second kappa shape index (κ2) is 7.47. The maximum Gasteiger partial charge on any atom is 0.240 e. The molecule has 0 saturated heterocycles. The van der Waals surface area contributed by atoms with E-state index in [1.54, 1.807) is 6.07 Å². The van der Waals surface area contributed by atoms with E-state index in [-0.39, 0.29) is 11.5 Å². The molecule has 0 heterocycles. The van der Waals surface area contributed by atoms with Gasteiger partial charge in [-0.15, -0.1) is 0 Å². The largest absolute Gasteiger partial charge is 0.496 e. The molecule has 0 aliphatic heterocycles. The van der Waals surface area contributed by atoms with E-state index in [0.717, 1.165) is 19.3 Å². The molecule has 0 amide bonds. The van der Waals surface area contributed by atoms with E-state index < -0.39 is 10.0 Å². The predicted molar refractivity (Wildman–Crippen MR) is 73.6 cm³/mol. The molecule has 108 valence electrons. The lowest BCUT2D eigenvalue weighted by Crippen LogP contribution is -2.24. The van der Waals surface area contributed by atoms with Gasteiger partial charge in [-0.25, -0.2) is 13.1 Å². The second-order valence-electron chi connectivity index (χ2n) is 4.24. The van der Waals surface area contributed by atoms with E-state index in [2.05, 4.69) is 11.6 Å². The molecule has 0 atom stereocenters. The van der Waals surface area contributed by atoms with E-state index in [9.17, 15) is 13.5 Å². The van der Waals surface area contributed by atoms with Crippen LogP contribution in [0.2, 0.25) is 0 Å². The lowest BCUT2D eigenvalue weighted by Gasteiger charge is -2.10. The molecule has 1 rings (SSSR count). The Balaban J connectivity index is 2.83. The molecule has 0 bridgehead atoms. The average molecular weight is 287 g/mol. The van der Waals surface area contributed by atoms with Gasteiger partial charge in [-0.05, 0) is 24.6 Å². The van der Waals surface area contributed by atoms with E-state index in [1.807, 2.05) is 0 Å². The van der Waals surface area contributed by atoms with E-state index in [0.29, 0.717) is 17.9 Å². The quantitative estimate of drug-likeness (QED) is 0.713. The summed E-state index contributed by atoms with van der Waals surface area (Å²) in [5.41, 5.74) is 0.457. The molecule has 0 aliphatic carbocycles. The first kappa shape index (κ1) is 15.9. The van der Waals surface area contributed by atoms with Gasteiger partial charge < -0.3 is 9.84 Å². The fourth-order valence-electron chi connectivity index (χ4n) is 1.71. The highest BCUT2D eigenvalue weighted by Crippen LogP contribution is 2.22. The van der Waals surface area contributed by atoms with E-state index in [1.165, 1.54) is 19.2 Å². The first-order valence-electron chi connectivity index (χ1n) is 6.32. The van der Waals surface area contributed by atoms with E-state index >= 15 is 0 Å². The molecule has 0 fully saturated rings. The Morgan fingerprint density at radius 3 is 2.63 bits per heavy atom. The predicted octanol–water partition coefficient (Wildman–Crippen LogP) is 1.66. The Morgan fingerprint density at radius 1 is 1.32 bits per heavy atom. The lowest BCUT2D eigenvalue weighted by atomic mass is 10.2. The first-order chi connectivity index (χ1) is 9.05. The number of ether oxygens (including phenoxy) is 1. The number of unbranched alkanes of at least 4 members (excludes halogenated alkanes) is 2. The molecule has 0 spiro atoms. The van der Waals surface area contributed by atoms with Crippen LogP contribution in [0.3, 0.4) is 0 Å². The zero-order valence-electron chi connectivity index (χ0n) is 11.3. The van der Waals surface area contributed by atoms with Crippen molar-refractivity contribution in [2.45, 2.75) is 37.7 Å². The molecular formula is C13H21NO4S. The number of rotatable bonds is 8. The van der Waals surface area contributed by atoms with Gasteiger partial charge in [-0.3, -0.25) is 0 Å².